The summed E-state index contributed by atoms with van der Waals surface area (Å²) in [6.45, 7) is -0.407. The van der Waals surface area contributed by atoms with Crippen molar-refractivity contribution in [3.05, 3.63) is 59.7 Å². The predicted octanol–water partition coefficient (Wildman–Crippen LogP) is 2.45. The standard InChI is InChI=1S/C21H19F3N4O4/c22-21(23,24)14-2-1-3-16(10-14)26-18(29)12-32-17-8-4-13(5-9-17)11-25-28-20(31)19(30)27-15-6-7-15/h1-5,8-11,15H,6-7,12H2,(H,26,29)(H,27,30)(H,28,31)/b25-11-. The molecule has 1 aliphatic rings. The van der Waals surface area contributed by atoms with E-state index in [9.17, 15) is 27.6 Å². The molecule has 0 heterocycles. The zero-order valence-electron chi connectivity index (χ0n) is 16.6. The van der Waals surface area contributed by atoms with Crippen LogP contribution in [0.1, 0.15) is 24.0 Å². The van der Waals surface area contributed by atoms with E-state index in [4.69, 9.17) is 4.74 Å². The molecule has 2 aromatic carbocycles. The van der Waals surface area contributed by atoms with Gasteiger partial charge in [-0.2, -0.15) is 18.3 Å². The third-order valence-electron chi connectivity index (χ3n) is 4.22. The van der Waals surface area contributed by atoms with E-state index in [2.05, 4.69) is 21.2 Å². The number of halogens is 3. The van der Waals surface area contributed by atoms with Gasteiger partial charge in [0.25, 0.3) is 5.91 Å². The first kappa shape index (κ1) is 22.8. The zero-order chi connectivity index (χ0) is 23.1. The fourth-order valence-corrected chi connectivity index (χ4v) is 2.46. The molecular weight excluding hydrogens is 429 g/mol. The molecule has 168 valence electrons. The van der Waals surface area contributed by atoms with Crippen LogP contribution in [0.15, 0.2) is 53.6 Å². The minimum absolute atomic E-state index is 0.00726. The first-order valence-electron chi connectivity index (χ1n) is 9.54. The maximum Gasteiger partial charge on any atom is 0.416 e. The molecule has 11 heteroatoms. The Morgan fingerprint density at radius 2 is 1.78 bits per heavy atom. The van der Waals surface area contributed by atoms with Crippen molar-refractivity contribution in [3.8, 4) is 5.75 Å². The molecule has 8 nitrogen and oxygen atoms in total. The summed E-state index contributed by atoms with van der Waals surface area (Å²) in [7, 11) is 0. The van der Waals surface area contributed by atoms with E-state index in [-0.39, 0.29) is 11.7 Å². The smallest absolute Gasteiger partial charge is 0.416 e. The van der Waals surface area contributed by atoms with Crippen LogP contribution in [0, 0.1) is 0 Å². The summed E-state index contributed by atoms with van der Waals surface area (Å²) < 4.78 is 43.5. The minimum Gasteiger partial charge on any atom is -0.484 e. The van der Waals surface area contributed by atoms with Crippen LogP contribution in [0.2, 0.25) is 0 Å². The van der Waals surface area contributed by atoms with Gasteiger partial charge in [-0.05, 0) is 60.9 Å². The van der Waals surface area contributed by atoms with E-state index in [0.29, 0.717) is 11.3 Å². The molecular formula is C21H19F3N4O4. The first-order valence-corrected chi connectivity index (χ1v) is 9.54. The summed E-state index contributed by atoms with van der Waals surface area (Å²) in [5, 5.41) is 8.57. The summed E-state index contributed by atoms with van der Waals surface area (Å²) in [5.41, 5.74) is 1.85. The van der Waals surface area contributed by atoms with E-state index in [1.807, 2.05) is 0 Å². The molecule has 3 amide bonds. The Hall–Kier alpha value is -3.89. The molecule has 0 unspecified atom stereocenters. The maximum absolute atomic E-state index is 12.7. The van der Waals surface area contributed by atoms with Gasteiger partial charge in [-0.3, -0.25) is 14.4 Å². The van der Waals surface area contributed by atoms with Crippen molar-refractivity contribution in [2.24, 2.45) is 5.10 Å². The van der Waals surface area contributed by atoms with Crippen molar-refractivity contribution in [2.45, 2.75) is 25.1 Å². The van der Waals surface area contributed by atoms with E-state index in [1.54, 1.807) is 24.3 Å². The number of nitrogens with one attached hydrogen (secondary N) is 3. The monoisotopic (exact) mass is 448 g/mol. The van der Waals surface area contributed by atoms with Gasteiger partial charge in [-0.25, -0.2) is 5.43 Å². The van der Waals surface area contributed by atoms with Gasteiger partial charge < -0.3 is 15.4 Å². The number of carbonyl (C=O) groups excluding carboxylic acids is 3. The number of rotatable bonds is 7. The van der Waals surface area contributed by atoms with Crippen molar-refractivity contribution in [3.63, 3.8) is 0 Å². The number of hydrogen-bond acceptors (Lipinski definition) is 5. The van der Waals surface area contributed by atoms with Gasteiger partial charge in [0.2, 0.25) is 0 Å². The van der Waals surface area contributed by atoms with Crippen molar-refractivity contribution in [2.75, 3.05) is 11.9 Å². The third-order valence-corrected chi connectivity index (χ3v) is 4.22. The van der Waals surface area contributed by atoms with Gasteiger partial charge in [0.1, 0.15) is 5.75 Å². The molecule has 0 radical (unpaired) electrons. The number of anilines is 1. The highest BCUT2D eigenvalue weighted by Gasteiger charge is 2.30. The van der Waals surface area contributed by atoms with E-state index in [0.717, 1.165) is 25.0 Å². The fraction of sp³-hybridized carbons (Fsp3) is 0.238. The Bertz CT molecular complexity index is 1020. The Labute approximate surface area is 180 Å². The Balaban J connectivity index is 1.43. The second-order valence-corrected chi connectivity index (χ2v) is 6.93. The van der Waals surface area contributed by atoms with Crippen molar-refractivity contribution >= 4 is 29.6 Å². The summed E-state index contributed by atoms with van der Waals surface area (Å²) >= 11 is 0. The van der Waals surface area contributed by atoms with Crippen LogP contribution in [0.25, 0.3) is 0 Å². The summed E-state index contributed by atoms with van der Waals surface area (Å²) in [4.78, 5) is 35.0. The normalized spacial score (nSPS) is 13.5. The van der Waals surface area contributed by atoms with Crippen molar-refractivity contribution < 1.29 is 32.3 Å². The number of amides is 3. The van der Waals surface area contributed by atoms with Gasteiger partial charge in [-0.15, -0.1) is 0 Å². The zero-order valence-corrected chi connectivity index (χ0v) is 16.6. The van der Waals surface area contributed by atoms with Gasteiger partial charge in [-0.1, -0.05) is 6.07 Å². The van der Waals surface area contributed by atoms with Crippen LogP contribution in [0.4, 0.5) is 18.9 Å². The number of benzene rings is 2. The molecule has 1 aliphatic carbocycles. The second kappa shape index (κ2) is 9.94. The maximum atomic E-state index is 12.7. The lowest BCUT2D eigenvalue weighted by Crippen LogP contribution is -2.38. The highest BCUT2D eigenvalue weighted by molar-refractivity contribution is 6.35. The number of alkyl halides is 3. The number of hydrogen-bond donors (Lipinski definition) is 3. The van der Waals surface area contributed by atoms with E-state index in [1.165, 1.54) is 18.3 Å². The lowest BCUT2D eigenvalue weighted by atomic mass is 10.2. The number of ether oxygens (including phenoxy) is 1. The molecule has 0 atom stereocenters. The van der Waals surface area contributed by atoms with Crippen LogP contribution >= 0.6 is 0 Å². The molecule has 2 aromatic rings. The molecule has 0 aliphatic heterocycles. The minimum atomic E-state index is -4.51. The van der Waals surface area contributed by atoms with E-state index < -0.39 is 36.1 Å². The Morgan fingerprint density at radius 1 is 1.06 bits per heavy atom. The molecule has 3 N–H and O–H groups in total. The number of hydrazone groups is 1. The highest BCUT2D eigenvalue weighted by Crippen LogP contribution is 2.30. The van der Waals surface area contributed by atoms with Crippen LogP contribution in [-0.2, 0) is 20.6 Å². The van der Waals surface area contributed by atoms with Crippen molar-refractivity contribution in [1.29, 1.82) is 0 Å². The molecule has 0 bridgehead atoms. The average Bonchev–Trinajstić information content (AvgIpc) is 3.56. The molecule has 0 saturated heterocycles. The van der Waals surface area contributed by atoms with Gasteiger partial charge in [0.15, 0.2) is 6.61 Å². The van der Waals surface area contributed by atoms with Gasteiger partial charge in [0.05, 0.1) is 11.8 Å². The molecule has 1 saturated carbocycles. The number of nitrogens with zero attached hydrogens (tertiary/aromatic N) is 1. The van der Waals surface area contributed by atoms with Crippen molar-refractivity contribution in [1.82, 2.24) is 10.7 Å². The highest BCUT2D eigenvalue weighted by atomic mass is 19.4. The second-order valence-electron chi connectivity index (χ2n) is 6.93. The van der Waals surface area contributed by atoms with Gasteiger partial charge in [0, 0.05) is 11.7 Å². The van der Waals surface area contributed by atoms with Crippen LogP contribution in [0.3, 0.4) is 0 Å². The topological polar surface area (TPSA) is 109 Å². The molecule has 32 heavy (non-hydrogen) atoms. The van der Waals surface area contributed by atoms with Crippen LogP contribution < -0.4 is 20.8 Å². The largest absolute Gasteiger partial charge is 0.484 e. The van der Waals surface area contributed by atoms with Crippen LogP contribution in [0.5, 0.6) is 5.75 Å². The average molecular weight is 448 g/mol. The SMILES string of the molecule is O=C(COc1ccc(/C=N\NC(=O)C(=O)NC2CC2)cc1)Nc1cccc(C(F)(F)F)c1. The fourth-order valence-electron chi connectivity index (χ4n) is 2.46. The molecule has 3 rings (SSSR count). The summed E-state index contributed by atoms with van der Waals surface area (Å²) in [6.07, 6.45) is -1.45. The van der Waals surface area contributed by atoms with Gasteiger partial charge >= 0.3 is 18.0 Å². The quantitative estimate of drug-likeness (QED) is 0.343. The van der Waals surface area contributed by atoms with Crippen LogP contribution in [-0.4, -0.2) is 36.6 Å². The lowest BCUT2D eigenvalue weighted by molar-refractivity contribution is -0.139. The first-order chi connectivity index (χ1) is 15.2. The molecule has 1 fully saturated rings. The molecule has 0 spiro atoms. The number of carbonyl (C=O) groups is 3. The van der Waals surface area contributed by atoms with E-state index >= 15 is 0 Å². The summed E-state index contributed by atoms with van der Waals surface area (Å²) in [5.74, 6) is -1.88. The molecule has 0 aromatic heterocycles. The summed E-state index contributed by atoms with van der Waals surface area (Å²) in [6, 6.07) is 10.6. The lowest BCUT2D eigenvalue weighted by Gasteiger charge is -2.10. The Kier molecular flexibility index (Phi) is 7.08. The third kappa shape index (κ3) is 7.11. The predicted molar refractivity (Wildman–Crippen MR) is 109 cm³/mol. The Morgan fingerprint density at radius 3 is 2.44 bits per heavy atom.